The fourth-order valence-corrected chi connectivity index (χ4v) is 3.91. The number of hydrogen-bond acceptors (Lipinski definition) is 3. The van der Waals surface area contributed by atoms with Gasteiger partial charge in [0.05, 0.1) is 11.7 Å². The summed E-state index contributed by atoms with van der Waals surface area (Å²) in [6.07, 6.45) is 5.58. The Bertz CT molecular complexity index is 1120. The number of anilines is 1. The Hall–Kier alpha value is -2.92. The number of nitrogens with zero attached hydrogens (tertiary/aromatic N) is 1. The molecule has 2 N–H and O–H groups in total. The Labute approximate surface area is 156 Å². The van der Waals surface area contributed by atoms with Gasteiger partial charge in [0.15, 0.2) is 0 Å². The molecule has 136 valence electrons. The van der Waals surface area contributed by atoms with Crippen molar-refractivity contribution in [1.29, 1.82) is 0 Å². The second-order valence-electron chi connectivity index (χ2n) is 7.01. The van der Waals surface area contributed by atoms with Gasteiger partial charge >= 0.3 is 0 Å². The molecule has 4 aromatic rings. The van der Waals surface area contributed by atoms with Crippen LogP contribution < -0.4 is 5.32 Å². The molecule has 1 aliphatic rings. The molecular formula is C22H20FN3O. The predicted molar refractivity (Wildman–Crippen MR) is 106 cm³/mol. The summed E-state index contributed by atoms with van der Waals surface area (Å²) in [6.45, 7) is 1.62. The molecule has 0 unspecified atom stereocenters. The van der Waals surface area contributed by atoms with Gasteiger partial charge in [-0.2, -0.15) is 0 Å². The number of nitrogens with one attached hydrogen (secondary N) is 2. The van der Waals surface area contributed by atoms with Crippen LogP contribution in [0.15, 0.2) is 54.9 Å². The highest BCUT2D eigenvalue weighted by molar-refractivity contribution is 6.14. The van der Waals surface area contributed by atoms with Crippen molar-refractivity contribution in [3.05, 3.63) is 60.7 Å². The SMILES string of the molecule is Fc1ccccc1-c1cncc2[nH]c3cc(NC4CCOCC4)ccc3c12. The summed E-state index contributed by atoms with van der Waals surface area (Å²) in [4.78, 5) is 7.75. The first kappa shape index (κ1) is 16.3. The number of aromatic nitrogens is 2. The second-order valence-corrected chi connectivity index (χ2v) is 7.01. The molecule has 1 fully saturated rings. The van der Waals surface area contributed by atoms with E-state index in [2.05, 4.69) is 33.5 Å². The van der Waals surface area contributed by atoms with E-state index in [-0.39, 0.29) is 5.82 Å². The van der Waals surface area contributed by atoms with Gasteiger partial charge in [0, 0.05) is 58.6 Å². The fourth-order valence-electron chi connectivity index (χ4n) is 3.91. The van der Waals surface area contributed by atoms with Crippen molar-refractivity contribution >= 4 is 27.5 Å². The van der Waals surface area contributed by atoms with Crippen LogP contribution in [0.3, 0.4) is 0 Å². The number of aromatic amines is 1. The van der Waals surface area contributed by atoms with Crippen molar-refractivity contribution in [3.8, 4) is 11.1 Å². The number of fused-ring (bicyclic) bond motifs is 3. The molecule has 0 aliphatic carbocycles. The highest BCUT2D eigenvalue weighted by Crippen LogP contribution is 2.35. The molecule has 5 heteroatoms. The number of rotatable bonds is 3. The van der Waals surface area contributed by atoms with Crippen molar-refractivity contribution in [1.82, 2.24) is 9.97 Å². The normalized spacial score (nSPS) is 15.4. The van der Waals surface area contributed by atoms with E-state index in [0.717, 1.165) is 59.1 Å². The zero-order chi connectivity index (χ0) is 18.2. The van der Waals surface area contributed by atoms with Crippen molar-refractivity contribution in [2.45, 2.75) is 18.9 Å². The minimum absolute atomic E-state index is 0.237. The van der Waals surface area contributed by atoms with Gasteiger partial charge in [-0.15, -0.1) is 0 Å². The molecule has 1 saturated heterocycles. The summed E-state index contributed by atoms with van der Waals surface area (Å²) in [5, 5.41) is 5.67. The first-order valence-corrected chi connectivity index (χ1v) is 9.28. The van der Waals surface area contributed by atoms with Crippen LogP contribution >= 0.6 is 0 Å². The summed E-state index contributed by atoms with van der Waals surface area (Å²) in [6, 6.07) is 13.6. The molecule has 0 atom stereocenters. The molecule has 2 aromatic heterocycles. The van der Waals surface area contributed by atoms with E-state index in [4.69, 9.17) is 4.74 Å². The van der Waals surface area contributed by atoms with E-state index >= 15 is 0 Å². The number of pyridine rings is 1. The molecular weight excluding hydrogens is 341 g/mol. The third-order valence-corrected chi connectivity index (χ3v) is 5.26. The highest BCUT2D eigenvalue weighted by atomic mass is 19.1. The molecule has 0 saturated carbocycles. The van der Waals surface area contributed by atoms with Crippen molar-refractivity contribution in [3.63, 3.8) is 0 Å². The number of hydrogen-bond donors (Lipinski definition) is 2. The van der Waals surface area contributed by atoms with Crippen LogP contribution in [0, 0.1) is 5.82 Å². The van der Waals surface area contributed by atoms with Crippen molar-refractivity contribution < 1.29 is 9.13 Å². The molecule has 27 heavy (non-hydrogen) atoms. The van der Waals surface area contributed by atoms with Crippen molar-refractivity contribution in [2.75, 3.05) is 18.5 Å². The van der Waals surface area contributed by atoms with Crippen LogP contribution in [0.25, 0.3) is 32.9 Å². The first-order valence-electron chi connectivity index (χ1n) is 9.28. The van der Waals surface area contributed by atoms with E-state index in [1.54, 1.807) is 24.5 Å². The van der Waals surface area contributed by atoms with Crippen LogP contribution in [0.5, 0.6) is 0 Å². The van der Waals surface area contributed by atoms with Crippen LogP contribution in [-0.2, 0) is 4.74 Å². The van der Waals surface area contributed by atoms with E-state index < -0.39 is 0 Å². The molecule has 3 heterocycles. The quantitative estimate of drug-likeness (QED) is 0.533. The Kier molecular flexibility index (Phi) is 4.02. The maximum atomic E-state index is 14.4. The van der Waals surface area contributed by atoms with Crippen LogP contribution in [0.4, 0.5) is 10.1 Å². The lowest BCUT2D eigenvalue weighted by Gasteiger charge is -2.24. The molecule has 0 bridgehead atoms. The Morgan fingerprint density at radius 2 is 1.85 bits per heavy atom. The lowest BCUT2D eigenvalue weighted by atomic mass is 10.0. The lowest BCUT2D eigenvalue weighted by molar-refractivity contribution is 0.0904. The Morgan fingerprint density at radius 3 is 2.70 bits per heavy atom. The minimum atomic E-state index is -0.237. The smallest absolute Gasteiger partial charge is 0.131 e. The third kappa shape index (κ3) is 2.94. The maximum absolute atomic E-state index is 14.4. The average molecular weight is 361 g/mol. The average Bonchev–Trinajstić information content (AvgIpc) is 3.07. The van der Waals surface area contributed by atoms with Gasteiger partial charge in [-0.3, -0.25) is 4.98 Å². The number of H-pyrrole nitrogens is 1. The molecule has 4 nitrogen and oxygen atoms in total. The molecule has 0 amide bonds. The van der Waals surface area contributed by atoms with Crippen LogP contribution in [0.2, 0.25) is 0 Å². The largest absolute Gasteiger partial charge is 0.382 e. The number of halogens is 1. The monoisotopic (exact) mass is 361 g/mol. The van der Waals surface area contributed by atoms with E-state index in [0.29, 0.717) is 11.6 Å². The van der Waals surface area contributed by atoms with Gasteiger partial charge in [0.25, 0.3) is 0 Å². The van der Waals surface area contributed by atoms with Gasteiger partial charge in [0.2, 0.25) is 0 Å². The van der Waals surface area contributed by atoms with Crippen LogP contribution in [0.1, 0.15) is 12.8 Å². The van der Waals surface area contributed by atoms with E-state index in [1.807, 2.05) is 6.07 Å². The summed E-state index contributed by atoms with van der Waals surface area (Å²) in [7, 11) is 0. The molecule has 0 radical (unpaired) electrons. The topological polar surface area (TPSA) is 49.9 Å². The van der Waals surface area contributed by atoms with Crippen LogP contribution in [-0.4, -0.2) is 29.2 Å². The van der Waals surface area contributed by atoms with E-state index in [1.165, 1.54) is 6.07 Å². The Morgan fingerprint density at radius 1 is 1.00 bits per heavy atom. The summed E-state index contributed by atoms with van der Waals surface area (Å²) in [5.74, 6) is -0.237. The second kappa shape index (κ2) is 6.67. The zero-order valence-electron chi connectivity index (χ0n) is 14.8. The van der Waals surface area contributed by atoms with Gasteiger partial charge in [0.1, 0.15) is 5.82 Å². The van der Waals surface area contributed by atoms with Gasteiger partial charge < -0.3 is 15.0 Å². The number of benzene rings is 2. The third-order valence-electron chi connectivity index (χ3n) is 5.26. The molecule has 2 aromatic carbocycles. The highest BCUT2D eigenvalue weighted by Gasteiger charge is 2.16. The minimum Gasteiger partial charge on any atom is -0.382 e. The molecule has 0 spiro atoms. The Balaban J connectivity index is 1.61. The predicted octanol–water partition coefficient (Wildman–Crippen LogP) is 5.11. The van der Waals surface area contributed by atoms with E-state index in [9.17, 15) is 4.39 Å². The maximum Gasteiger partial charge on any atom is 0.131 e. The first-order chi connectivity index (χ1) is 13.3. The number of ether oxygens (including phenoxy) is 1. The van der Waals surface area contributed by atoms with Gasteiger partial charge in [-0.1, -0.05) is 24.3 Å². The van der Waals surface area contributed by atoms with Crippen molar-refractivity contribution in [2.24, 2.45) is 0 Å². The zero-order valence-corrected chi connectivity index (χ0v) is 14.8. The summed E-state index contributed by atoms with van der Waals surface area (Å²) >= 11 is 0. The fraction of sp³-hybridized carbons (Fsp3) is 0.227. The summed E-state index contributed by atoms with van der Waals surface area (Å²) < 4.78 is 19.8. The summed E-state index contributed by atoms with van der Waals surface area (Å²) in [5.41, 5.74) is 4.39. The lowest BCUT2D eigenvalue weighted by Crippen LogP contribution is -2.27. The molecule has 5 rings (SSSR count). The molecule has 1 aliphatic heterocycles. The standard InChI is InChI=1S/C22H20FN3O/c23-19-4-2-1-3-16(19)18-12-24-13-21-22(18)17-6-5-15(11-20(17)26-21)25-14-7-9-27-10-8-14/h1-6,11-14,25-26H,7-10H2. The van der Waals surface area contributed by atoms with Gasteiger partial charge in [-0.05, 0) is 31.0 Å². The van der Waals surface area contributed by atoms with Gasteiger partial charge in [-0.25, -0.2) is 4.39 Å².